The monoisotopic (exact) mass is 579 g/mol. The molecular formula is C32H46FN7O2. The van der Waals surface area contributed by atoms with Gasteiger partial charge in [-0.1, -0.05) is 6.58 Å². The molecule has 4 aliphatic heterocycles. The third kappa shape index (κ3) is 5.82. The molecule has 4 fully saturated rings. The summed E-state index contributed by atoms with van der Waals surface area (Å²) in [6, 6.07) is 8.00. The SMILES string of the molecule is C=CC(=O)N1CCN(C2NC(OC[C@H]3CCCN3C)NC3C[C@@]4(CCC32)Cc2cc(F)ccc2N(C)C4)C[C@H]1CC#N. The molecule has 2 N–H and O–H groups in total. The van der Waals surface area contributed by atoms with Crippen LogP contribution >= 0.6 is 0 Å². The summed E-state index contributed by atoms with van der Waals surface area (Å²) in [4.78, 5) is 21.5. The number of ether oxygens (including phenoxy) is 1. The second-order valence-corrected chi connectivity index (χ2v) is 13.3. The Morgan fingerprint density at radius 1 is 1.24 bits per heavy atom. The highest BCUT2D eigenvalue weighted by Crippen LogP contribution is 2.48. The number of amides is 1. The normalized spacial score (nSPS) is 35.5. The number of benzene rings is 1. The minimum absolute atomic E-state index is 0.0697. The largest absolute Gasteiger partial charge is 0.374 e. The fraction of sp³-hybridized carbons (Fsp3) is 0.688. The van der Waals surface area contributed by atoms with Crippen molar-refractivity contribution in [2.24, 2.45) is 11.3 Å². The predicted octanol–water partition coefficient (Wildman–Crippen LogP) is 2.50. The number of hydrogen-bond donors (Lipinski definition) is 2. The van der Waals surface area contributed by atoms with E-state index in [-0.39, 0.29) is 41.7 Å². The van der Waals surface area contributed by atoms with E-state index in [1.54, 1.807) is 17.0 Å². The molecule has 4 unspecified atom stereocenters. The smallest absolute Gasteiger partial charge is 0.246 e. The lowest BCUT2D eigenvalue weighted by Gasteiger charge is -2.57. The highest BCUT2D eigenvalue weighted by atomic mass is 19.1. The molecule has 5 aliphatic rings. The lowest BCUT2D eigenvalue weighted by Crippen LogP contribution is -2.73. The molecule has 0 bridgehead atoms. The zero-order valence-electron chi connectivity index (χ0n) is 25.1. The van der Waals surface area contributed by atoms with Crippen LogP contribution in [0.15, 0.2) is 30.9 Å². The van der Waals surface area contributed by atoms with Crippen molar-refractivity contribution in [3.05, 3.63) is 42.2 Å². The van der Waals surface area contributed by atoms with Gasteiger partial charge in [0, 0.05) is 56.9 Å². The number of carbonyl (C=O) groups excluding carboxylic acids is 1. The van der Waals surface area contributed by atoms with E-state index in [4.69, 9.17) is 4.74 Å². The molecule has 10 heteroatoms. The van der Waals surface area contributed by atoms with Crippen LogP contribution in [0, 0.1) is 28.5 Å². The molecule has 1 aromatic rings. The average Bonchev–Trinajstić information content (AvgIpc) is 3.39. The Bertz CT molecular complexity index is 1210. The number of nitriles is 1. The number of anilines is 1. The van der Waals surface area contributed by atoms with Gasteiger partial charge in [-0.05, 0) is 87.4 Å². The topological polar surface area (TPSA) is 87.1 Å². The van der Waals surface area contributed by atoms with E-state index in [0.717, 1.165) is 63.0 Å². The molecule has 1 amide bonds. The standard InChI is InChI=1S/C32H46FN7O2/c1-4-29(41)40-15-14-39(19-24(40)10-12-34)30-26-9-11-32(17-22-16-23(33)7-8-28(22)38(3)21-32)18-27(26)35-31(36-30)42-20-25-6-5-13-37(25)2/h4,7-8,16,24-27,30-31,35-36H,1,5-6,9-11,13-15,17-21H2,2-3H3/t24-,25-,26?,27?,30?,31?,32-/m1/s1. The van der Waals surface area contributed by atoms with Crippen molar-refractivity contribution in [1.29, 1.82) is 5.26 Å². The van der Waals surface area contributed by atoms with Crippen LogP contribution < -0.4 is 15.5 Å². The van der Waals surface area contributed by atoms with Crippen molar-refractivity contribution in [2.45, 2.75) is 75.6 Å². The first-order valence-electron chi connectivity index (χ1n) is 15.7. The zero-order chi connectivity index (χ0) is 29.4. The second kappa shape index (κ2) is 12.2. The quantitative estimate of drug-likeness (QED) is 0.498. The number of piperazine rings is 1. The Hall–Kier alpha value is -2.55. The van der Waals surface area contributed by atoms with E-state index in [0.29, 0.717) is 38.1 Å². The number of halogens is 1. The van der Waals surface area contributed by atoms with Gasteiger partial charge < -0.3 is 19.4 Å². The van der Waals surface area contributed by atoms with Gasteiger partial charge in [-0.3, -0.25) is 20.3 Å². The summed E-state index contributed by atoms with van der Waals surface area (Å²) in [7, 11) is 4.30. The molecule has 1 aliphatic carbocycles. The van der Waals surface area contributed by atoms with Gasteiger partial charge in [0.15, 0.2) is 6.35 Å². The minimum atomic E-state index is -0.284. The molecule has 7 atom stereocenters. The van der Waals surface area contributed by atoms with Crippen LogP contribution in [-0.2, 0) is 16.0 Å². The van der Waals surface area contributed by atoms with E-state index in [9.17, 15) is 14.4 Å². The Labute approximate surface area is 249 Å². The number of nitrogens with one attached hydrogen (secondary N) is 2. The molecule has 9 nitrogen and oxygen atoms in total. The van der Waals surface area contributed by atoms with Gasteiger partial charge in [0.1, 0.15) is 5.82 Å². The Morgan fingerprint density at radius 2 is 2.10 bits per heavy atom. The molecule has 42 heavy (non-hydrogen) atoms. The van der Waals surface area contributed by atoms with Crippen LogP contribution in [0.5, 0.6) is 0 Å². The molecule has 0 radical (unpaired) electrons. The van der Waals surface area contributed by atoms with Crippen molar-refractivity contribution in [2.75, 3.05) is 58.3 Å². The summed E-state index contributed by atoms with van der Waals surface area (Å²) < 4.78 is 20.8. The van der Waals surface area contributed by atoms with Crippen LogP contribution in [-0.4, -0.2) is 105 Å². The highest BCUT2D eigenvalue weighted by Gasteiger charge is 2.50. The van der Waals surface area contributed by atoms with E-state index in [2.05, 4.69) is 52.1 Å². The summed E-state index contributed by atoms with van der Waals surface area (Å²) in [5.41, 5.74) is 2.31. The molecule has 4 heterocycles. The number of hydrogen-bond acceptors (Lipinski definition) is 8. The summed E-state index contributed by atoms with van der Waals surface area (Å²) in [5.74, 6) is 0.0817. The fourth-order valence-corrected chi connectivity index (χ4v) is 8.59. The van der Waals surface area contributed by atoms with Crippen molar-refractivity contribution in [3.8, 4) is 6.07 Å². The number of rotatable bonds is 6. The number of fused-ring (bicyclic) bond motifs is 2. The molecule has 0 aromatic heterocycles. The van der Waals surface area contributed by atoms with Gasteiger partial charge >= 0.3 is 0 Å². The van der Waals surface area contributed by atoms with Gasteiger partial charge in [0.25, 0.3) is 0 Å². The van der Waals surface area contributed by atoms with Gasteiger partial charge in [-0.15, -0.1) is 0 Å². The summed E-state index contributed by atoms with van der Waals surface area (Å²) in [6.45, 7) is 8.38. The van der Waals surface area contributed by atoms with Gasteiger partial charge in [-0.2, -0.15) is 5.26 Å². The average molecular weight is 580 g/mol. The minimum Gasteiger partial charge on any atom is -0.374 e. The second-order valence-electron chi connectivity index (χ2n) is 13.3. The Kier molecular flexibility index (Phi) is 8.58. The first-order valence-corrected chi connectivity index (χ1v) is 15.7. The van der Waals surface area contributed by atoms with Crippen LogP contribution in [0.4, 0.5) is 10.1 Å². The van der Waals surface area contributed by atoms with Crippen molar-refractivity contribution in [1.82, 2.24) is 25.3 Å². The van der Waals surface area contributed by atoms with Crippen LogP contribution in [0.25, 0.3) is 0 Å². The van der Waals surface area contributed by atoms with E-state index < -0.39 is 0 Å². The molecule has 1 aromatic carbocycles. The van der Waals surface area contributed by atoms with Gasteiger partial charge in [-0.25, -0.2) is 4.39 Å². The van der Waals surface area contributed by atoms with E-state index in [1.807, 2.05) is 6.07 Å². The van der Waals surface area contributed by atoms with E-state index in [1.165, 1.54) is 12.5 Å². The van der Waals surface area contributed by atoms with Crippen molar-refractivity contribution < 1.29 is 13.9 Å². The third-order valence-electron chi connectivity index (χ3n) is 10.7. The lowest BCUT2D eigenvalue weighted by atomic mass is 9.62. The van der Waals surface area contributed by atoms with Crippen LogP contribution in [0.1, 0.15) is 44.1 Å². The first-order chi connectivity index (χ1) is 20.3. The number of likely N-dealkylation sites (tertiary alicyclic amines) is 1. The first kappa shape index (κ1) is 29.5. The third-order valence-corrected chi connectivity index (χ3v) is 10.7. The van der Waals surface area contributed by atoms with E-state index >= 15 is 0 Å². The summed E-state index contributed by atoms with van der Waals surface area (Å²) in [6.07, 6.45) is 7.80. The van der Waals surface area contributed by atoms with Gasteiger partial charge in [0.2, 0.25) is 5.91 Å². The molecule has 1 saturated carbocycles. The van der Waals surface area contributed by atoms with Crippen LogP contribution in [0.3, 0.4) is 0 Å². The van der Waals surface area contributed by atoms with Crippen molar-refractivity contribution in [3.63, 3.8) is 0 Å². The molecule has 1 spiro atoms. The Morgan fingerprint density at radius 3 is 2.86 bits per heavy atom. The maximum absolute atomic E-state index is 14.3. The maximum atomic E-state index is 14.3. The number of carbonyl (C=O) groups is 1. The molecule has 3 saturated heterocycles. The van der Waals surface area contributed by atoms with Gasteiger partial charge in [0.05, 0.1) is 31.3 Å². The zero-order valence-corrected chi connectivity index (χ0v) is 25.1. The molecule has 228 valence electrons. The fourth-order valence-electron chi connectivity index (χ4n) is 8.59. The molecule has 6 rings (SSSR count). The molecular weight excluding hydrogens is 533 g/mol. The number of likely N-dealkylation sites (N-methyl/N-ethyl adjacent to an activating group) is 1. The maximum Gasteiger partial charge on any atom is 0.246 e. The highest BCUT2D eigenvalue weighted by molar-refractivity contribution is 5.87. The summed E-state index contributed by atoms with van der Waals surface area (Å²) in [5, 5.41) is 17.2. The predicted molar refractivity (Wildman–Crippen MR) is 160 cm³/mol. The number of nitrogens with zero attached hydrogens (tertiary/aromatic N) is 5. The lowest BCUT2D eigenvalue weighted by molar-refractivity contribution is -0.137. The van der Waals surface area contributed by atoms with Crippen molar-refractivity contribution >= 4 is 11.6 Å². The Balaban J connectivity index is 1.22. The van der Waals surface area contributed by atoms with Crippen LogP contribution in [0.2, 0.25) is 0 Å². The summed E-state index contributed by atoms with van der Waals surface area (Å²) >= 11 is 0.